The lowest BCUT2D eigenvalue weighted by Gasteiger charge is -2.35. The maximum atomic E-state index is 12.2. The number of nitrogens with zero attached hydrogens (tertiary/aromatic N) is 2. The van der Waals surface area contributed by atoms with Crippen LogP contribution in [-0.2, 0) is 14.3 Å². The largest absolute Gasteiger partial charge is 0.451 e. The van der Waals surface area contributed by atoms with Crippen molar-refractivity contribution in [1.82, 2.24) is 9.88 Å². The molecule has 3 rings (SSSR count). The summed E-state index contributed by atoms with van der Waals surface area (Å²) >= 11 is 1.37. The first kappa shape index (κ1) is 17.6. The van der Waals surface area contributed by atoms with Crippen LogP contribution >= 0.6 is 11.3 Å². The molecule has 0 spiro atoms. The molecular weight excluding hydrogens is 340 g/mol. The molecular formula is C18H20N2O4S. The summed E-state index contributed by atoms with van der Waals surface area (Å²) in [5, 5.41) is 2.39. The Hall–Kier alpha value is -2.25. The highest BCUT2D eigenvalue weighted by Gasteiger charge is 2.26. The number of thiazole rings is 1. The van der Waals surface area contributed by atoms with E-state index >= 15 is 0 Å². The van der Waals surface area contributed by atoms with E-state index in [9.17, 15) is 9.59 Å². The number of carbonyl (C=O) groups is 2. The summed E-state index contributed by atoms with van der Waals surface area (Å²) in [5.74, 6) is -0.796. The number of carbonyl (C=O) groups excluding carboxylic acids is 2. The van der Waals surface area contributed by atoms with E-state index in [0.29, 0.717) is 13.1 Å². The van der Waals surface area contributed by atoms with Crippen LogP contribution in [0.25, 0.3) is 10.6 Å². The van der Waals surface area contributed by atoms with Gasteiger partial charge in [-0.05, 0) is 13.8 Å². The Balaban J connectivity index is 1.56. The average molecular weight is 360 g/mol. The number of morpholine rings is 1. The minimum atomic E-state index is -0.582. The van der Waals surface area contributed by atoms with E-state index in [1.807, 2.05) is 44.2 Å². The second-order valence-corrected chi connectivity index (χ2v) is 6.89. The van der Waals surface area contributed by atoms with Crippen molar-refractivity contribution in [3.05, 3.63) is 41.4 Å². The maximum absolute atomic E-state index is 12.2. The van der Waals surface area contributed by atoms with E-state index in [0.717, 1.165) is 10.6 Å². The zero-order chi connectivity index (χ0) is 17.8. The van der Waals surface area contributed by atoms with E-state index in [4.69, 9.17) is 9.47 Å². The third kappa shape index (κ3) is 4.43. The van der Waals surface area contributed by atoms with Crippen molar-refractivity contribution >= 4 is 23.2 Å². The number of hydrogen-bond acceptors (Lipinski definition) is 6. The normalized spacial score (nSPS) is 20.3. The Labute approximate surface area is 150 Å². The molecule has 0 bridgehead atoms. The second-order valence-electron chi connectivity index (χ2n) is 6.04. The molecule has 1 aromatic heterocycles. The molecule has 6 nitrogen and oxygen atoms in total. The fraction of sp³-hybridized carbons (Fsp3) is 0.389. The van der Waals surface area contributed by atoms with Crippen molar-refractivity contribution in [3.63, 3.8) is 0 Å². The van der Waals surface area contributed by atoms with Gasteiger partial charge in [0.15, 0.2) is 12.3 Å². The smallest absolute Gasteiger partial charge is 0.358 e. The summed E-state index contributed by atoms with van der Waals surface area (Å²) in [6.07, 6.45) is -0.0363. The molecule has 132 valence electrons. The van der Waals surface area contributed by atoms with Crippen LogP contribution in [0.5, 0.6) is 0 Å². The van der Waals surface area contributed by atoms with Crippen molar-refractivity contribution in [1.29, 1.82) is 0 Å². The van der Waals surface area contributed by atoms with Gasteiger partial charge in [0.1, 0.15) is 5.01 Å². The average Bonchev–Trinajstić information content (AvgIpc) is 3.09. The monoisotopic (exact) mass is 360 g/mol. The van der Waals surface area contributed by atoms with Crippen molar-refractivity contribution in [2.75, 3.05) is 19.7 Å². The second kappa shape index (κ2) is 7.76. The standard InChI is InChI=1S/C18H20N2O4S/c1-12-8-20(9-13(2)24-12)16(21)10-23-18(22)15-11-25-17(19-15)14-6-4-3-5-7-14/h3-7,11-13H,8-10H2,1-2H3/t12-,13-/m0/s1. The molecule has 1 aliphatic rings. The number of hydrogen-bond donors (Lipinski definition) is 0. The molecule has 1 aliphatic heterocycles. The summed E-state index contributed by atoms with van der Waals surface area (Å²) in [6, 6.07) is 9.61. The van der Waals surface area contributed by atoms with Crippen LogP contribution in [0.4, 0.5) is 0 Å². The Kier molecular flexibility index (Phi) is 5.45. The lowest BCUT2D eigenvalue weighted by atomic mass is 10.2. The van der Waals surface area contributed by atoms with Crippen LogP contribution in [0, 0.1) is 0 Å². The fourth-order valence-corrected chi connectivity index (χ4v) is 3.55. The highest BCUT2D eigenvalue weighted by Crippen LogP contribution is 2.23. The number of ether oxygens (including phenoxy) is 2. The van der Waals surface area contributed by atoms with Crippen LogP contribution in [0.2, 0.25) is 0 Å². The van der Waals surface area contributed by atoms with Gasteiger partial charge in [-0.25, -0.2) is 9.78 Å². The van der Waals surface area contributed by atoms with E-state index in [2.05, 4.69) is 4.98 Å². The van der Waals surface area contributed by atoms with E-state index in [1.54, 1.807) is 10.3 Å². The number of esters is 1. The lowest BCUT2D eigenvalue weighted by molar-refractivity contribution is -0.146. The van der Waals surface area contributed by atoms with Crippen molar-refractivity contribution in [2.24, 2.45) is 0 Å². The van der Waals surface area contributed by atoms with Gasteiger partial charge in [0, 0.05) is 24.0 Å². The van der Waals surface area contributed by atoms with E-state index < -0.39 is 5.97 Å². The van der Waals surface area contributed by atoms with Gasteiger partial charge in [0.25, 0.3) is 5.91 Å². The third-order valence-electron chi connectivity index (χ3n) is 3.83. The zero-order valence-electron chi connectivity index (χ0n) is 14.2. The van der Waals surface area contributed by atoms with E-state index in [1.165, 1.54) is 11.3 Å². The molecule has 1 fully saturated rings. The molecule has 0 N–H and O–H groups in total. The minimum Gasteiger partial charge on any atom is -0.451 e. The minimum absolute atomic E-state index is 0.0182. The fourth-order valence-electron chi connectivity index (χ4n) is 2.75. The Morgan fingerprint density at radius 3 is 2.60 bits per heavy atom. The molecule has 7 heteroatoms. The Bertz CT molecular complexity index is 737. The van der Waals surface area contributed by atoms with Crippen LogP contribution in [0.1, 0.15) is 24.3 Å². The molecule has 0 radical (unpaired) electrons. The van der Waals surface area contributed by atoms with Gasteiger partial charge in [-0.3, -0.25) is 4.79 Å². The maximum Gasteiger partial charge on any atom is 0.358 e. The van der Waals surface area contributed by atoms with Crippen molar-refractivity contribution in [2.45, 2.75) is 26.1 Å². The van der Waals surface area contributed by atoms with Gasteiger partial charge in [-0.15, -0.1) is 11.3 Å². The first-order valence-electron chi connectivity index (χ1n) is 8.14. The van der Waals surface area contributed by atoms with Gasteiger partial charge in [-0.2, -0.15) is 0 Å². The van der Waals surface area contributed by atoms with Gasteiger partial charge in [0.2, 0.25) is 0 Å². The molecule has 0 saturated carbocycles. The quantitative estimate of drug-likeness (QED) is 0.784. The molecule has 2 aromatic rings. The molecule has 1 aromatic carbocycles. The van der Waals surface area contributed by atoms with Gasteiger partial charge in [-0.1, -0.05) is 30.3 Å². The van der Waals surface area contributed by atoms with Crippen molar-refractivity contribution < 1.29 is 19.1 Å². The van der Waals surface area contributed by atoms with Gasteiger partial charge < -0.3 is 14.4 Å². The van der Waals surface area contributed by atoms with Crippen molar-refractivity contribution in [3.8, 4) is 10.6 Å². The van der Waals surface area contributed by atoms with Crippen LogP contribution in [0.15, 0.2) is 35.7 Å². The summed E-state index contributed by atoms with van der Waals surface area (Å²) in [4.78, 5) is 30.3. The van der Waals surface area contributed by atoms with Crippen LogP contribution in [-0.4, -0.2) is 53.7 Å². The zero-order valence-corrected chi connectivity index (χ0v) is 15.0. The first-order chi connectivity index (χ1) is 12.0. The van der Waals surface area contributed by atoms with Crippen LogP contribution < -0.4 is 0 Å². The number of aromatic nitrogens is 1. The molecule has 0 aliphatic carbocycles. The number of amides is 1. The topological polar surface area (TPSA) is 68.7 Å². The van der Waals surface area contributed by atoms with Crippen LogP contribution in [0.3, 0.4) is 0 Å². The molecule has 1 amide bonds. The number of benzene rings is 1. The SMILES string of the molecule is C[C@H]1CN(C(=O)COC(=O)c2csc(-c3ccccc3)n2)C[C@H](C)O1. The van der Waals surface area contributed by atoms with Gasteiger partial charge >= 0.3 is 5.97 Å². The highest BCUT2D eigenvalue weighted by atomic mass is 32.1. The molecule has 25 heavy (non-hydrogen) atoms. The van der Waals surface area contributed by atoms with E-state index in [-0.39, 0.29) is 30.4 Å². The summed E-state index contributed by atoms with van der Waals surface area (Å²) in [5.41, 5.74) is 1.17. The molecule has 1 saturated heterocycles. The molecule has 2 heterocycles. The predicted molar refractivity (Wildman–Crippen MR) is 94.4 cm³/mol. The van der Waals surface area contributed by atoms with Gasteiger partial charge in [0.05, 0.1) is 12.2 Å². The molecule has 2 atom stereocenters. The Morgan fingerprint density at radius 2 is 1.92 bits per heavy atom. The Morgan fingerprint density at radius 1 is 1.24 bits per heavy atom. The number of rotatable bonds is 4. The predicted octanol–water partition coefficient (Wildman–Crippen LogP) is 2.60. The summed E-state index contributed by atoms with van der Waals surface area (Å²) in [6.45, 7) is 4.58. The summed E-state index contributed by atoms with van der Waals surface area (Å²) < 4.78 is 10.7. The highest BCUT2D eigenvalue weighted by molar-refractivity contribution is 7.13. The summed E-state index contributed by atoms with van der Waals surface area (Å²) in [7, 11) is 0. The molecule has 0 unspecified atom stereocenters. The third-order valence-corrected chi connectivity index (χ3v) is 4.72. The first-order valence-corrected chi connectivity index (χ1v) is 9.02. The lowest BCUT2D eigenvalue weighted by Crippen LogP contribution is -2.49.